The molecule has 12 heteroatoms. The molecule has 1 aromatic heterocycles. The number of anilines is 1. The summed E-state index contributed by atoms with van der Waals surface area (Å²) >= 11 is 0. The fourth-order valence-electron chi connectivity index (χ4n) is 5.11. The number of aryl methyl sites for hydroxylation is 1. The van der Waals surface area contributed by atoms with Gasteiger partial charge in [0.1, 0.15) is 17.3 Å². The maximum absolute atomic E-state index is 13.5. The molecule has 0 fully saturated rings. The summed E-state index contributed by atoms with van der Waals surface area (Å²) in [6, 6.07) is 10.9. The van der Waals surface area contributed by atoms with Crippen molar-refractivity contribution in [3.63, 3.8) is 0 Å². The van der Waals surface area contributed by atoms with Gasteiger partial charge in [0.15, 0.2) is 0 Å². The zero-order valence-corrected chi connectivity index (χ0v) is 24.1. The van der Waals surface area contributed by atoms with Crippen LogP contribution in [-0.2, 0) is 36.8 Å². The lowest BCUT2D eigenvalue weighted by atomic mass is 9.88. The summed E-state index contributed by atoms with van der Waals surface area (Å²) in [7, 11) is 3.53. The Morgan fingerprint density at radius 3 is 2.59 bits per heavy atom. The van der Waals surface area contributed by atoms with Crippen LogP contribution in [0.25, 0.3) is 0 Å². The molecule has 0 spiro atoms. The third kappa shape index (κ3) is 7.69. The van der Waals surface area contributed by atoms with E-state index in [0.29, 0.717) is 48.6 Å². The average molecular weight is 611 g/mol. The van der Waals surface area contributed by atoms with Gasteiger partial charge >= 0.3 is 6.18 Å². The van der Waals surface area contributed by atoms with Gasteiger partial charge in [-0.15, -0.1) is 24.8 Å². The van der Waals surface area contributed by atoms with Gasteiger partial charge in [0.25, 0.3) is 5.91 Å². The van der Waals surface area contributed by atoms with Gasteiger partial charge in [-0.05, 0) is 92.9 Å². The standard InChI is InChI=1S/C29H29F3N4O3.2ClH/c1-36(2)16-17-11-20(13-21(12-17)29(30,31)32)28(38)34-22-5-3-18-4-6-23(15-19(18)14-22)39-25-9-10-33-27-24(25)7-8-26(37)35-27;;/h4,6,9-13,15,22H,3,5,7-8,14,16H2,1-2H3,(H,34,38)(H,33,35,37);2*1H/t22-;;/m1../s1. The van der Waals surface area contributed by atoms with Crippen LogP contribution in [0.4, 0.5) is 19.0 Å². The lowest BCUT2D eigenvalue weighted by molar-refractivity contribution is -0.137. The Kier molecular flexibility index (Phi) is 10.3. The molecule has 2 aliphatic rings. The summed E-state index contributed by atoms with van der Waals surface area (Å²) < 4.78 is 46.7. The second-order valence-corrected chi connectivity index (χ2v) is 10.3. The minimum atomic E-state index is -4.54. The van der Waals surface area contributed by atoms with Crippen LogP contribution >= 0.6 is 24.8 Å². The number of halogens is 5. The van der Waals surface area contributed by atoms with E-state index >= 15 is 0 Å². The molecular weight excluding hydrogens is 580 g/mol. The van der Waals surface area contributed by atoms with Crippen molar-refractivity contribution < 1.29 is 27.5 Å². The molecule has 2 N–H and O–H groups in total. The highest BCUT2D eigenvalue weighted by Gasteiger charge is 2.32. The highest BCUT2D eigenvalue weighted by molar-refractivity contribution is 5.95. The maximum Gasteiger partial charge on any atom is 0.416 e. The summed E-state index contributed by atoms with van der Waals surface area (Å²) in [5.41, 5.74) is 2.59. The lowest BCUT2D eigenvalue weighted by Crippen LogP contribution is -2.39. The number of fused-ring (bicyclic) bond motifs is 2. The number of amides is 2. The van der Waals surface area contributed by atoms with E-state index in [1.807, 2.05) is 18.2 Å². The minimum Gasteiger partial charge on any atom is -0.457 e. The van der Waals surface area contributed by atoms with Gasteiger partial charge in [-0.3, -0.25) is 9.59 Å². The van der Waals surface area contributed by atoms with E-state index < -0.39 is 17.6 Å². The van der Waals surface area contributed by atoms with Crippen LogP contribution in [0.15, 0.2) is 48.7 Å². The topological polar surface area (TPSA) is 83.6 Å². The third-order valence-electron chi connectivity index (χ3n) is 6.92. The van der Waals surface area contributed by atoms with Crippen molar-refractivity contribution >= 4 is 42.4 Å². The summed E-state index contributed by atoms with van der Waals surface area (Å²) in [5, 5.41) is 5.70. The van der Waals surface area contributed by atoms with E-state index in [9.17, 15) is 22.8 Å². The van der Waals surface area contributed by atoms with Gasteiger partial charge in [-0.1, -0.05) is 6.07 Å². The molecule has 2 aromatic carbocycles. The Morgan fingerprint density at radius 2 is 1.85 bits per heavy atom. The summed E-state index contributed by atoms with van der Waals surface area (Å²) in [6.45, 7) is 0.289. The monoisotopic (exact) mass is 610 g/mol. The van der Waals surface area contributed by atoms with Gasteiger partial charge in [0.2, 0.25) is 5.91 Å². The van der Waals surface area contributed by atoms with Crippen LogP contribution < -0.4 is 15.4 Å². The van der Waals surface area contributed by atoms with Gasteiger partial charge in [0, 0.05) is 36.3 Å². The van der Waals surface area contributed by atoms with Gasteiger partial charge in [-0.25, -0.2) is 4.98 Å². The van der Waals surface area contributed by atoms with Crippen molar-refractivity contribution in [2.24, 2.45) is 0 Å². The average Bonchev–Trinajstić information content (AvgIpc) is 2.87. The van der Waals surface area contributed by atoms with Crippen LogP contribution in [0, 0.1) is 0 Å². The largest absolute Gasteiger partial charge is 0.457 e. The second kappa shape index (κ2) is 13.1. The fourth-order valence-corrected chi connectivity index (χ4v) is 5.11. The number of carbonyl (C=O) groups is 2. The number of nitrogens with one attached hydrogen (secondary N) is 2. The van der Waals surface area contributed by atoms with Gasteiger partial charge < -0.3 is 20.3 Å². The fraction of sp³-hybridized carbons (Fsp3) is 0.345. The van der Waals surface area contributed by atoms with Crippen LogP contribution in [-0.4, -0.2) is 41.8 Å². The first-order chi connectivity index (χ1) is 18.5. The number of nitrogens with zero attached hydrogens (tertiary/aromatic N) is 2. The Hall–Kier alpha value is -3.34. The number of aromatic nitrogens is 1. The molecule has 1 aliphatic carbocycles. The first-order valence-corrected chi connectivity index (χ1v) is 12.8. The number of pyridine rings is 1. The third-order valence-corrected chi connectivity index (χ3v) is 6.92. The highest BCUT2D eigenvalue weighted by Crippen LogP contribution is 2.35. The molecule has 2 heterocycles. The number of hydrogen-bond acceptors (Lipinski definition) is 5. The van der Waals surface area contributed by atoms with E-state index in [0.717, 1.165) is 35.2 Å². The van der Waals surface area contributed by atoms with Crippen LogP contribution in [0.1, 0.15) is 51.0 Å². The molecule has 2 amide bonds. The van der Waals surface area contributed by atoms with Crippen molar-refractivity contribution in [3.8, 4) is 11.5 Å². The second-order valence-electron chi connectivity index (χ2n) is 10.3. The van der Waals surface area contributed by atoms with Crippen molar-refractivity contribution in [1.82, 2.24) is 15.2 Å². The molecule has 41 heavy (non-hydrogen) atoms. The Bertz CT molecular complexity index is 1430. The molecule has 0 saturated heterocycles. The molecule has 5 rings (SSSR count). The SMILES string of the molecule is CN(C)Cc1cc(C(=O)N[C@@H]2CCc3ccc(Oc4ccnc5c4CCC(=O)N5)cc3C2)cc(C(F)(F)F)c1.Cl.Cl. The predicted molar refractivity (Wildman–Crippen MR) is 154 cm³/mol. The molecule has 1 aliphatic heterocycles. The Morgan fingerprint density at radius 1 is 1.07 bits per heavy atom. The van der Waals surface area contributed by atoms with E-state index in [1.54, 1.807) is 31.3 Å². The smallest absolute Gasteiger partial charge is 0.416 e. The van der Waals surface area contributed by atoms with Crippen LogP contribution in [0.5, 0.6) is 11.5 Å². The van der Waals surface area contributed by atoms with E-state index in [1.165, 1.54) is 6.07 Å². The van der Waals surface area contributed by atoms with Crippen LogP contribution in [0.3, 0.4) is 0 Å². The number of rotatable bonds is 6. The molecule has 1 atom stereocenters. The molecule has 220 valence electrons. The van der Waals surface area contributed by atoms with E-state index in [-0.39, 0.29) is 48.9 Å². The van der Waals surface area contributed by atoms with Gasteiger partial charge in [0.05, 0.1) is 5.56 Å². The zero-order chi connectivity index (χ0) is 27.7. The van der Waals surface area contributed by atoms with Crippen molar-refractivity contribution in [2.75, 3.05) is 19.4 Å². The quantitative estimate of drug-likeness (QED) is 0.359. The molecule has 3 aromatic rings. The zero-order valence-electron chi connectivity index (χ0n) is 22.5. The normalized spacial score (nSPS) is 16.0. The highest BCUT2D eigenvalue weighted by atomic mass is 35.5. The number of benzene rings is 2. The van der Waals surface area contributed by atoms with Gasteiger partial charge in [-0.2, -0.15) is 13.2 Å². The lowest BCUT2D eigenvalue weighted by Gasteiger charge is -2.26. The number of carbonyl (C=O) groups excluding carboxylic acids is 2. The van der Waals surface area contributed by atoms with Crippen molar-refractivity contribution in [3.05, 3.63) is 82.0 Å². The van der Waals surface area contributed by atoms with Crippen molar-refractivity contribution in [2.45, 2.75) is 50.9 Å². The van der Waals surface area contributed by atoms with E-state index in [2.05, 4.69) is 15.6 Å². The number of ether oxygens (including phenoxy) is 1. The maximum atomic E-state index is 13.5. The summed E-state index contributed by atoms with van der Waals surface area (Å²) in [6.07, 6.45) is -0.116. The summed E-state index contributed by atoms with van der Waals surface area (Å²) in [5.74, 6) is 1.16. The molecule has 0 bridgehead atoms. The Labute approximate surface area is 248 Å². The molecule has 0 saturated carbocycles. The van der Waals surface area contributed by atoms with Crippen molar-refractivity contribution in [1.29, 1.82) is 0 Å². The van der Waals surface area contributed by atoms with E-state index in [4.69, 9.17) is 4.74 Å². The summed E-state index contributed by atoms with van der Waals surface area (Å²) in [4.78, 5) is 30.7. The number of hydrogen-bond donors (Lipinski definition) is 2. The number of alkyl halides is 3. The predicted octanol–water partition coefficient (Wildman–Crippen LogP) is 5.97. The first-order valence-electron chi connectivity index (χ1n) is 12.8. The van der Waals surface area contributed by atoms with Crippen LogP contribution in [0.2, 0.25) is 0 Å². The minimum absolute atomic E-state index is 0. The first kappa shape index (κ1) is 32.2. The molecule has 0 unspecified atom stereocenters. The molecule has 7 nitrogen and oxygen atoms in total. The molecule has 0 radical (unpaired) electrons. The molecular formula is C29H31Cl2F3N4O3. The Balaban J connectivity index is 0.00000231.